The molecule has 0 fully saturated rings. The molecule has 2 N–H and O–H groups in total. The second-order valence-electron chi connectivity index (χ2n) is 7.82. The number of hydrogen-bond acceptors (Lipinski definition) is 3. The van der Waals surface area contributed by atoms with E-state index in [9.17, 15) is 4.79 Å². The van der Waals surface area contributed by atoms with E-state index in [0.29, 0.717) is 11.5 Å². The van der Waals surface area contributed by atoms with Crippen LogP contribution in [0.2, 0.25) is 0 Å². The maximum absolute atomic E-state index is 12.6. The van der Waals surface area contributed by atoms with Gasteiger partial charge in [-0.2, -0.15) is 0 Å². The number of carbonyl (C=O) groups is 1. The van der Waals surface area contributed by atoms with Crippen LogP contribution in [0.25, 0.3) is 0 Å². The van der Waals surface area contributed by atoms with Crippen molar-refractivity contribution in [2.24, 2.45) is 5.92 Å². The van der Waals surface area contributed by atoms with Crippen LogP contribution in [-0.4, -0.2) is 17.4 Å². The third kappa shape index (κ3) is 5.59. The highest BCUT2D eigenvalue weighted by molar-refractivity contribution is 6.05. The molecule has 1 heterocycles. The molecule has 0 saturated heterocycles. The smallest absolute Gasteiger partial charge is 0.257 e. The Bertz CT molecular complexity index is 717. The van der Waals surface area contributed by atoms with Gasteiger partial charge < -0.3 is 10.6 Å². The Morgan fingerprint density at radius 3 is 2.56 bits per heavy atom. The zero-order valence-electron chi connectivity index (χ0n) is 15.9. The van der Waals surface area contributed by atoms with Crippen molar-refractivity contribution in [2.45, 2.75) is 46.5 Å². The van der Waals surface area contributed by atoms with E-state index in [4.69, 9.17) is 0 Å². The Labute approximate surface area is 151 Å². The Morgan fingerprint density at radius 2 is 1.88 bits per heavy atom. The molecule has 2 rings (SSSR count). The van der Waals surface area contributed by atoms with Crippen LogP contribution in [0.15, 0.2) is 42.7 Å². The van der Waals surface area contributed by atoms with Gasteiger partial charge in [-0.05, 0) is 35.4 Å². The van der Waals surface area contributed by atoms with E-state index in [1.54, 1.807) is 12.4 Å². The van der Waals surface area contributed by atoms with Crippen molar-refractivity contribution in [2.75, 3.05) is 17.2 Å². The van der Waals surface area contributed by atoms with Gasteiger partial charge in [-0.15, -0.1) is 0 Å². The number of amides is 1. The third-order valence-electron chi connectivity index (χ3n) is 4.03. The van der Waals surface area contributed by atoms with Crippen molar-refractivity contribution in [1.82, 2.24) is 4.98 Å². The maximum Gasteiger partial charge on any atom is 0.257 e. The average Bonchev–Trinajstić information content (AvgIpc) is 2.54. The van der Waals surface area contributed by atoms with E-state index in [1.165, 1.54) is 0 Å². The van der Waals surface area contributed by atoms with Crippen molar-refractivity contribution in [1.29, 1.82) is 0 Å². The molecular weight excluding hydrogens is 310 g/mol. The SMILES string of the molecule is CC(C)CCNc1cncc(C(=O)Nc2ccccc2C(C)(C)C)c1. The monoisotopic (exact) mass is 339 g/mol. The second-order valence-corrected chi connectivity index (χ2v) is 7.82. The molecule has 0 saturated carbocycles. The molecule has 0 aliphatic rings. The minimum Gasteiger partial charge on any atom is -0.384 e. The molecule has 0 radical (unpaired) electrons. The van der Waals surface area contributed by atoms with Gasteiger partial charge in [0, 0.05) is 24.6 Å². The topological polar surface area (TPSA) is 54.0 Å². The summed E-state index contributed by atoms with van der Waals surface area (Å²) in [4.78, 5) is 16.8. The van der Waals surface area contributed by atoms with Crippen LogP contribution in [-0.2, 0) is 5.41 Å². The van der Waals surface area contributed by atoms with Crippen LogP contribution in [0.3, 0.4) is 0 Å². The first-order valence-corrected chi connectivity index (χ1v) is 8.87. The molecular formula is C21H29N3O. The van der Waals surface area contributed by atoms with Crippen molar-refractivity contribution in [3.8, 4) is 0 Å². The Kier molecular flexibility index (Phi) is 6.18. The summed E-state index contributed by atoms with van der Waals surface area (Å²) in [5.41, 5.74) is 3.35. The van der Waals surface area contributed by atoms with E-state index in [1.807, 2.05) is 24.3 Å². The van der Waals surface area contributed by atoms with E-state index >= 15 is 0 Å². The molecule has 134 valence electrons. The van der Waals surface area contributed by atoms with E-state index in [2.05, 4.69) is 56.3 Å². The quantitative estimate of drug-likeness (QED) is 0.771. The molecule has 2 aromatic rings. The lowest BCUT2D eigenvalue weighted by atomic mass is 9.86. The number of hydrogen-bond donors (Lipinski definition) is 2. The van der Waals surface area contributed by atoms with Crippen LogP contribution in [0.1, 0.15) is 57.0 Å². The number of rotatable bonds is 6. The highest BCUT2D eigenvalue weighted by atomic mass is 16.1. The first kappa shape index (κ1) is 19.0. The van der Waals surface area contributed by atoms with Crippen molar-refractivity contribution < 1.29 is 4.79 Å². The van der Waals surface area contributed by atoms with Gasteiger partial charge in [-0.25, -0.2) is 0 Å². The summed E-state index contributed by atoms with van der Waals surface area (Å²) in [6, 6.07) is 9.78. The Balaban J connectivity index is 2.12. The zero-order valence-corrected chi connectivity index (χ0v) is 15.9. The predicted molar refractivity (Wildman–Crippen MR) is 105 cm³/mol. The fourth-order valence-electron chi connectivity index (χ4n) is 2.61. The van der Waals surface area contributed by atoms with Crippen molar-refractivity contribution in [3.63, 3.8) is 0 Å². The molecule has 1 aromatic heterocycles. The van der Waals surface area contributed by atoms with Gasteiger partial charge in [-0.1, -0.05) is 52.8 Å². The summed E-state index contributed by atoms with van der Waals surface area (Å²) in [5.74, 6) is 0.498. The van der Waals surface area contributed by atoms with E-state index in [0.717, 1.165) is 29.9 Å². The first-order chi connectivity index (χ1) is 11.8. The summed E-state index contributed by atoms with van der Waals surface area (Å²) in [6.07, 6.45) is 4.43. The molecule has 0 unspecified atom stereocenters. The van der Waals surface area contributed by atoms with E-state index in [-0.39, 0.29) is 11.3 Å². The Hall–Kier alpha value is -2.36. The molecule has 0 atom stereocenters. The minimum absolute atomic E-state index is 0.0393. The normalized spacial score (nSPS) is 11.4. The summed E-state index contributed by atoms with van der Waals surface area (Å²) in [5, 5.41) is 6.36. The number of benzene rings is 1. The largest absolute Gasteiger partial charge is 0.384 e. The standard InChI is InChI=1S/C21H29N3O/c1-15(2)10-11-23-17-12-16(13-22-14-17)20(25)24-19-9-7-6-8-18(19)21(3,4)5/h6-9,12-15,23H,10-11H2,1-5H3,(H,24,25). The summed E-state index contributed by atoms with van der Waals surface area (Å²) in [7, 11) is 0. The first-order valence-electron chi connectivity index (χ1n) is 8.87. The molecule has 1 amide bonds. The molecule has 0 aliphatic carbocycles. The average molecular weight is 339 g/mol. The molecule has 25 heavy (non-hydrogen) atoms. The highest BCUT2D eigenvalue weighted by Gasteiger charge is 2.19. The molecule has 4 nitrogen and oxygen atoms in total. The zero-order chi connectivity index (χ0) is 18.4. The van der Waals surface area contributed by atoms with Crippen LogP contribution in [0.4, 0.5) is 11.4 Å². The highest BCUT2D eigenvalue weighted by Crippen LogP contribution is 2.29. The lowest BCUT2D eigenvalue weighted by Gasteiger charge is -2.23. The van der Waals surface area contributed by atoms with Crippen LogP contribution in [0.5, 0.6) is 0 Å². The van der Waals surface area contributed by atoms with Crippen molar-refractivity contribution >= 4 is 17.3 Å². The number of carbonyl (C=O) groups excluding carboxylic acids is 1. The Morgan fingerprint density at radius 1 is 1.16 bits per heavy atom. The summed E-state index contributed by atoms with van der Waals surface area (Å²) in [6.45, 7) is 11.7. The van der Waals surface area contributed by atoms with Gasteiger partial charge >= 0.3 is 0 Å². The number of para-hydroxylation sites is 1. The van der Waals surface area contributed by atoms with Gasteiger partial charge in [0.2, 0.25) is 0 Å². The number of anilines is 2. The lowest BCUT2D eigenvalue weighted by Crippen LogP contribution is -2.19. The summed E-state index contributed by atoms with van der Waals surface area (Å²) < 4.78 is 0. The molecule has 0 bridgehead atoms. The van der Waals surface area contributed by atoms with Gasteiger partial charge in [0.1, 0.15) is 0 Å². The van der Waals surface area contributed by atoms with Gasteiger partial charge in [0.15, 0.2) is 0 Å². The van der Waals surface area contributed by atoms with E-state index < -0.39 is 0 Å². The third-order valence-corrected chi connectivity index (χ3v) is 4.03. The summed E-state index contributed by atoms with van der Waals surface area (Å²) >= 11 is 0. The molecule has 0 spiro atoms. The molecule has 4 heteroatoms. The fourth-order valence-corrected chi connectivity index (χ4v) is 2.61. The van der Waals surface area contributed by atoms with Crippen LogP contribution < -0.4 is 10.6 Å². The lowest BCUT2D eigenvalue weighted by molar-refractivity contribution is 0.102. The minimum atomic E-state index is -0.142. The fraction of sp³-hybridized carbons (Fsp3) is 0.429. The second kappa shape index (κ2) is 8.15. The predicted octanol–water partition coefficient (Wildman–Crippen LogP) is 5.09. The van der Waals surface area contributed by atoms with Crippen LogP contribution >= 0.6 is 0 Å². The maximum atomic E-state index is 12.6. The van der Waals surface area contributed by atoms with Gasteiger partial charge in [-0.3, -0.25) is 9.78 Å². The number of nitrogens with zero attached hydrogens (tertiary/aromatic N) is 1. The van der Waals surface area contributed by atoms with Crippen LogP contribution in [0, 0.1) is 5.92 Å². The molecule has 1 aromatic carbocycles. The number of nitrogens with one attached hydrogen (secondary N) is 2. The number of pyridine rings is 1. The van der Waals surface area contributed by atoms with Gasteiger partial charge in [0.25, 0.3) is 5.91 Å². The van der Waals surface area contributed by atoms with Crippen molar-refractivity contribution in [3.05, 3.63) is 53.9 Å². The number of aromatic nitrogens is 1. The van der Waals surface area contributed by atoms with Gasteiger partial charge in [0.05, 0.1) is 11.3 Å². The molecule has 0 aliphatic heterocycles.